The molecule has 0 saturated carbocycles. The third kappa shape index (κ3) is 18.9. The van der Waals surface area contributed by atoms with Crippen molar-refractivity contribution in [2.45, 2.75) is 160 Å². The first kappa shape index (κ1) is 39.7. The van der Waals surface area contributed by atoms with E-state index in [1.807, 2.05) is 0 Å². The van der Waals surface area contributed by atoms with Gasteiger partial charge in [-0.2, -0.15) is 8.42 Å². The zero-order valence-electron chi connectivity index (χ0n) is 26.1. The topological polar surface area (TPSA) is 186 Å². The van der Waals surface area contributed by atoms with Crippen molar-refractivity contribution in [3.63, 3.8) is 0 Å². The largest absolute Gasteiger partial charge is 0.462 e. The Kier molecular flexibility index (Phi) is 21.3. The Labute approximate surface area is 257 Å². The number of esters is 2. The number of ether oxygens (including phenoxy) is 4. The molecule has 0 radical (unpaired) electrons. The van der Waals surface area contributed by atoms with Crippen LogP contribution in [0.4, 0.5) is 0 Å². The van der Waals surface area contributed by atoms with Crippen LogP contribution in [0.3, 0.4) is 0 Å². The number of unbranched alkanes of at least 4 members (excludes halogenated alkanes) is 13. The first-order chi connectivity index (χ1) is 20.5. The highest BCUT2D eigenvalue weighted by Crippen LogP contribution is 2.23. The summed E-state index contributed by atoms with van der Waals surface area (Å²) in [5.41, 5.74) is 0. The fourth-order valence-corrected chi connectivity index (χ4v) is 5.54. The second-order valence-corrected chi connectivity index (χ2v) is 13.0. The molecule has 1 aliphatic rings. The highest BCUT2D eigenvalue weighted by molar-refractivity contribution is 7.85. The molecule has 0 aromatic heterocycles. The molecule has 0 unspecified atom stereocenters. The predicted molar refractivity (Wildman–Crippen MR) is 160 cm³/mol. The van der Waals surface area contributed by atoms with E-state index in [0.29, 0.717) is 12.8 Å². The average molecular weight is 641 g/mol. The molecule has 13 heteroatoms. The summed E-state index contributed by atoms with van der Waals surface area (Å²) in [5.74, 6) is -1.99. The van der Waals surface area contributed by atoms with Crippen molar-refractivity contribution in [3.05, 3.63) is 0 Å². The lowest BCUT2D eigenvalue weighted by Crippen LogP contribution is -2.60. The van der Waals surface area contributed by atoms with Crippen LogP contribution in [0.5, 0.6) is 0 Å². The van der Waals surface area contributed by atoms with Gasteiger partial charge < -0.3 is 34.3 Å². The summed E-state index contributed by atoms with van der Waals surface area (Å²) in [6.45, 7) is 3.58. The summed E-state index contributed by atoms with van der Waals surface area (Å²) in [6.07, 6.45) is 6.72. The van der Waals surface area contributed by atoms with Gasteiger partial charge in [0.05, 0.1) is 6.61 Å². The molecule has 1 fully saturated rings. The zero-order valence-corrected chi connectivity index (χ0v) is 26.9. The van der Waals surface area contributed by atoms with Gasteiger partial charge in [-0.15, -0.1) is 0 Å². The Morgan fingerprint density at radius 1 is 0.698 bits per heavy atom. The quantitative estimate of drug-likeness (QED) is 0.0643. The van der Waals surface area contributed by atoms with Crippen LogP contribution in [0.25, 0.3) is 0 Å². The number of carbonyl (C=O) groups is 2. The van der Waals surface area contributed by atoms with Crippen LogP contribution >= 0.6 is 0 Å². The summed E-state index contributed by atoms with van der Waals surface area (Å²) in [4.78, 5) is 24.8. The van der Waals surface area contributed by atoms with Crippen molar-refractivity contribution in [1.29, 1.82) is 0 Å². The third-order valence-corrected chi connectivity index (χ3v) is 8.19. The molecule has 1 heterocycles. The van der Waals surface area contributed by atoms with E-state index in [4.69, 9.17) is 23.5 Å². The fraction of sp³-hybridized carbons (Fsp3) is 0.933. The normalized spacial score (nSPS) is 23.2. The monoisotopic (exact) mass is 640 g/mol. The molecule has 0 amide bonds. The average Bonchev–Trinajstić information content (AvgIpc) is 2.95. The van der Waals surface area contributed by atoms with Gasteiger partial charge in [0.15, 0.2) is 12.4 Å². The van der Waals surface area contributed by atoms with Crippen LogP contribution < -0.4 is 0 Å². The Bertz CT molecular complexity index is 852. The van der Waals surface area contributed by atoms with Crippen molar-refractivity contribution in [2.24, 2.45) is 0 Å². The molecular weight excluding hydrogens is 584 g/mol. The van der Waals surface area contributed by atoms with Gasteiger partial charge in [0.2, 0.25) is 0 Å². The first-order valence-electron chi connectivity index (χ1n) is 16.1. The second kappa shape index (κ2) is 23.1. The van der Waals surface area contributed by atoms with Gasteiger partial charge in [-0.1, -0.05) is 97.3 Å². The number of rotatable bonds is 25. The summed E-state index contributed by atoms with van der Waals surface area (Å²) in [5, 5.41) is 30.5. The van der Waals surface area contributed by atoms with Crippen molar-refractivity contribution in [2.75, 3.05) is 19.0 Å². The number of aliphatic hydroxyl groups is 3. The van der Waals surface area contributed by atoms with Crippen LogP contribution in [0.2, 0.25) is 0 Å². The van der Waals surface area contributed by atoms with Crippen LogP contribution in [0.1, 0.15) is 123 Å². The van der Waals surface area contributed by atoms with E-state index < -0.39 is 71.2 Å². The molecule has 4 N–H and O–H groups in total. The highest BCUT2D eigenvalue weighted by atomic mass is 32.2. The summed E-state index contributed by atoms with van der Waals surface area (Å²) < 4.78 is 53.3. The molecule has 43 heavy (non-hydrogen) atoms. The molecule has 0 aromatic rings. The highest BCUT2D eigenvalue weighted by Gasteiger charge is 2.46. The zero-order chi connectivity index (χ0) is 32.1. The smallest absolute Gasteiger partial charge is 0.306 e. The van der Waals surface area contributed by atoms with Gasteiger partial charge in [0.1, 0.15) is 36.8 Å². The van der Waals surface area contributed by atoms with E-state index >= 15 is 0 Å². The van der Waals surface area contributed by atoms with E-state index in [2.05, 4.69) is 13.8 Å². The van der Waals surface area contributed by atoms with E-state index in [-0.39, 0.29) is 19.4 Å². The summed E-state index contributed by atoms with van der Waals surface area (Å²) >= 11 is 0. The van der Waals surface area contributed by atoms with Gasteiger partial charge in [-0.05, 0) is 12.8 Å². The first-order valence-corrected chi connectivity index (χ1v) is 17.7. The maximum atomic E-state index is 12.5. The lowest BCUT2D eigenvalue weighted by atomic mass is 10.00. The molecule has 0 spiro atoms. The Balaban J connectivity index is 2.58. The third-order valence-electron chi connectivity index (χ3n) is 7.44. The number of carbonyl (C=O) groups excluding carboxylic acids is 2. The van der Waals surface area contributed by atoms with Gasteiger partial charge in [-0.25, -0.2) is 0 Å². The lowest BCUT2D eigenvalue weighted by molar-refractivity contribution is -0.297. The molecule has 0 aliphatic carbocycles. The fourth-order valence-electron chi connectivity index (χ4n) is 4.85. The predicted octanol–water partition coefficient (Wildman–Crippen LogP) is 3.82. The number of hydrogen-bond acceptors (Lipinski definition) is 11. The number of hydrogen-bond donors (Lipinski definition) is 4. The van der Waals surface area contributed by atoms with Gasteiger partial charge in [0, 0.05) is 12.8 Å². The van der Waals surface area contributed by atoms with Crippen LogP contribution in [-0.2, 0) is 38.7 Å². The van der Waals surface area contributed by atoms with Gasteiger partial charge in [-0.3, -0.25) is 14.1 Å². The molecular formula is C30H56O12S. The Hall–Kier alpha value is -1.35. The molecule has 0 bridgehead atoms. The minimum atomic E-state index is -4.58. The minimum Gasteiger partial charge on any atom is -0.462 e. The summed E-state index contributed by atoms with van der Waals surface area (Å²) in [6, 6.07) is 0. The van der Waals surface area contributed by atoms with Crippen LogP contribution in [0.15, 0.2) is 0 Å². The maximum Gasteiger partial charge on any atom is 0.306 e. The van der Waals surface area contributed by atoms with E-state index in [1.54, 1.807) is 0 Å². The molecule has 6 atom stereocenters. The van der Waals surface area contributed by atoms with Crippen molar-refractivity contribution in [3.8, 4) is 0 Å². The molecule has 0 aromatic carbocycles. The Morgan fingerprint density at radius 3 is 1.70 bits per heavy atom. The van der Waals surface area contributed by atoms with E-state index in [1.165, 1.54) is 38.5 Å². The maximum absolute atomic E-state index is 12.5. The standard InChI is InChI=1S/C30H56O12S/c1-3-5-7-9-10-11-12-13-15-16-18-25(31)39-20-23(41-26(32)19-17-14-8-6-4-2)21-40-30-29(35)28(34)27(33)24(42-30)22-43(36,37)38/h23-24,27-30,33-35H,3-22H2,1-2H3,(H,36,37,38)/t23-,24-,27-,28+,29-,30-/m1/s1. The second-order valence-electron chi connectivity index (χ2n) is 11.5. The van der Waals surface area contributed by atoms with Gasteiger partial charge >= 0.3 is 11.9 Å². The molecule has 254 valence electrons. The van der Waals surface area contributed by atoms with Gasteiger partial charge in [0.25, 0.3) is 10.1 Å². The van der Waals surface area contributed by atoms with E-state index in [0.717, 1.165) is 44.9 Å². The van der Waals surface area contributed by atoms with Crippen molar-refractivity contribution in [1.82, 2.24) is 0 Å². The minimum absolute atomic E-state index is 0.163. The van der Waals surface area contributed by atoms with Crippen LogP contribution in [0, 0.1) is 0 Å². The molecule has 12 nitrogen and oxygen atoms in total. The van der Waals surface area contributed by atoms with Crippen molar-refractivity contribution >= 4 is 22.1 Å². The molecule has 1 saturated heterocycles. The molecule has 1 aliphatic heterocycles. The molecule has 1 rings (SSSR count). The van der Waals surface area contributed by atoms with Crippen LogP contribution in [-0.4, -0.2) is 96.0 Å². The number of aliphatic hydroxyl groups excluding tert-OH is 3. The Morgan fingerprint density at radius 2 is 1.19 bits per heavy atom. The van der Waals surface area contributed by atoms with Crippen molar-refractivity contribution < 1.29 is 56.8 Å². The summed E-state index contributed by atoms with van der Waals surface area (Å²) in [7, 11) is -4.58. The van der Waals surface area contributed by atoms with E-state index in [9.17, 15) is 33.3 Å². The SMILES string of the molecule is CCCCCCCCCCCCC(=O)OC[C@H](CO[C@@H]1O[C@H](CS(=O)(=O)O)[C@@H](O)[C@H](O)[C@H]1O)OC(=O)CCCCCCC. The lowest BCUT2D eigenvalue weighted by Gasteiger charge is -2.40.